The van der Waals surface area contributed by atoms with Crippen molar-refractivity contribution < 1.29 is 9.18 Å². The third-order valence-corrected chi connectivity index (χ3v) is 4.22. The summed E-state index contributed by atoms with van der Waals surface area (Å²) in [6.45, 7) is 2.28. The molecule has 1 aromatic heterocycles. The molecular weight excluding hydrogens is 295 g/mol. The molecule has 2 N–H and O–H groups in total. The van der Waals surface area contributed by atoms with Gasteiger partial charge in [-0.2, -0.15) is 0 Å². The van der Waals surface area contributed by atoms with Gasteiger partial charge in [-0.05, 0) is 37.0 Å². The van der Waals surface area contributed by atoms with Crippen molar-refractivity contribution in [3.63, 3.8) is 0 Å². The van der Waals surface area contributed by atoms with Crippen molar-refractivity contribution in [2.45, 2.75) is 32.2 Å². The van der Waals surface area contributed by atoms with Gasteiger partial charge in [0.05, 0.1) is 11.7 Å². The first-order valence-electron chi connectivity index (χ1n) is 7.72. The molecule has 120 valence electrons. The molecule has 1 aromatic carbocycles. The van der Waals surface area contributed by atoms with Crippen molar-refractivity contribution >= 4 is 11.9 Å². The molecule has 0 saturated carbocycles. The Hall–Kier alpha value is -2.50. The lowest BCUT2D eigenvalue weighted by Gasteiger charge is -2.35. The molecule has 1 fully saturated rings. The number of anilines is 1. The quantitative estimate of drug-likeness (QED) is 0.925. The topological polar surface area (TPSA) is 72.1 Å². The predicted octanol–water partition coefficient (Wildman–Crippen LogP) is 2.94. The summed E-state index contributed by atoms with van der Waals surface area (Å²) in [6, 6.07) is 6.06. The fourth-order valence-corrected chi connectivity index (χ4v) is 3.11. The zero-order valence-electron chi connectivity index (χ0n) is 13.0. The van der Waals surface area contributed by atoms with Gasteiger partial charge in [-0.3, -0.25) is 4.79 Å². The van der Waals surface area contributed by atoms with Crippen LogP contribution in [-0.2, 0) is 4.79 Å². The van der Waals surface area contributed by atoms with Crippen LogP contribution in [0.2, 0.25) is 0 Å². The highest BCUT2D eigenvalue weighted by Crippen LogP contribution is 2.35. The van der Waals surface area contributed by atoms with Gasteiger partial charge in [0.15, 0.2) is 0 Å². The Morgan fingerprint density at radius 3 is 2.74 bits per heavy atom. The fourth-order valence-electron chi connectivity index (χ4n) is 3.11. The first kappa shape index (κ1) is 15.4. The molecule has 1 saturated heterocycles. The standard InChI is InChI=1S/C17H19FN4O/c1-11(23)22-9-3-2-4-15(22)16-14(10-20-17(19)21-16)12-5-7-13(18)8-6-12/h5-8,10,15H,2-4,9H2,1H3,(H2,19,20,21)/t15-/m1/s1. The van der Waals surface area contributed by atoms with E-state index in [1.54, 1.807) is 25.3 Å². The fraction of sp³-hybridized carbons (Fsp3) is 0.353. The van der Waals surface area contributed by atoms with Gasteiger partial charge >= 0.3 is 0 Å². The number of aromatic nitrogens is 2. The van der Waals surface area contributed by atoms with Crippen LogP contribution in [0.5, 0.6) is 0 Å². The molecule has 1 aliphatic rings. The Morgan fingerprint density at radius 1 is 1.30 bits per heavy atom. The van der Waals surface area contributed by atoms with E-state index >= 15 is 0 Å². The molecule has 2 aromatic rings. The molecule has 0 unspecified atom stereocenters. The van der Waals surface area contributed by atoms with Gasteiger partial charge in [0.2, 0.25) is 11.9 Å². The number of hydrogen-bond acceptors (Lipinski definition) is 4. The summed E-state index contributed by atoms with van der Waals surface area (Å²) in [5, 5.41) is 0. The minimum atomic E-state index is -0.297. The van der Waals surface area contributed by atoms with Gasteiger partial charge in [0.25, 0.3) is 0 Å². The Morgan fingerprint density at radius 2 is 2.04 bits per heavy atom. The number of hydrogen-bond donors (Lipinski definition) is 1. The smallest absolute Gasteiger partial charge is 0.220 e. The largest absolute Gasteiger partial charge is 0.368 e. The Bertz CT molecular complexity index is 717. The summed E-state index contributed by atoms with van der Waals surface area (Å²) in [4.78, 5) is 22.3. The summed E-state index contributed by atoms with van der Waals surface area (Å²) < 4.78 is 13.2. The van der Waals surface area contributed by atoms with Crippen molar-refractivity contribution in [1.82, 2.24) is 14.9 Å². The van der Waals surface area contributed by atoms with E-state index in [9.17, 15) is 9.18 Å². The first-order chi connectivity index (χ1) is 11.1. The van der Waals surface area contributed by atoms with Crippen LogP contribution in [0.25, 0.3) is 11.1 Å². The first-order valence-corrected chi connectivity index (χ1v) is 7.72. The van der Waals surface area contributed by atoms with E-state index in [-0.39, 0.29) is 23.7 Å². The lowest BCUT2D eigenvalue weighted by molar-refractivity contribution is -0.132. The number of likely N-dealkylation sites (tertiary alicyclic amines) is 1. The molecule has 0 bridgehead atoms. The summed E-state index contributed by atoms with van der Waals surface area (Å²) >= 11 is 0. The van der Waals surface area contributed by atoms with E-state index in [2.05, 4.69) is 9.97 Å². The maximum atomic E-state index is 13.2. The summed E-state index contributed by atoms with van der Waals surface area (Å²) in [7, 11) is 0. The number of halogens is 1. The molecule has 1 atom stereocenters. The highest BCUT2D eigenvalue weighted by molar-refractivity contribution is 5.75. The molecule has 3 rings (SSSR count). The molecule has 1 aliphatic heterocycles. The van der Waals surface area contributed by atoms with Gasteiger partial charge in [0.1, 0.15) is 5.82 Å². The Kier molecular flexibility index (Phi) is 4.23. The zero-order chi connectivity index (χ0) is 16.4. The second-order valence-corrected chi connectivity index (χ2v) is 5.76. The average molecular weight is 314 g/mol. The number of nitrogens with zero attached hydrogens (tertiary/aromatic N) is 3. The van der Waals surface area contributed by atoms with Crippen LogP contribution in [0.4, 0.5) is 10.3 Å². The number of carbonyl (C=O) groups is 1. The van der Waals surface area contributed by atoms with Gasteiger partial charge in [0, 0.05) is 25.2 Å². The molecule has 23 heavy (non-hydrogen) atoms. The molecule has 2 heterocycles. The predicted molar refractivity (Wildman–Crippen MR) is 85.8 cm³/mol. The van der Waals surface area contributed by atoms with Crippen molar-refractivity contribution in [3.8, 4) is 11.1 Å². The van der Waals surface area contributed by atoms with Gasteiger partial charge < -0.3 is 10.6 Å². The lowest BCUT2D eigenvalue weighted by atomic mass is 9.94. The number of nitrogens with two attached hydrogens (primary N) is 1. The molecule has 0 spiro atoms. The van der Waals surface area contributed by atoms with E-state index in [1.807, 2.05) is 4.90 Å². The minimum Gasteiger partial charge on any atom is -0.368 e. The van der Waals surface area contributed by atoms with Crippen LogP contribution in [0.3, 0.4) is 0 Å². The van der Waals surface area contributed by atoms with E-state index in [0.717, 1.165) is 36.1 Å². The Labute approximate surface area is 134 Å². The van der Waals surface area contributed by atoms with Crippen molar-refractivity contribution in [1.29, 1.82) is 0 Å². The van der Waals surface area contributed by atoms with Crippen molar-refractivity contribution in [2.75, 3.05) is 12.3 Å². The molecule has 0 aliphatic carbocycles. The maximum Gasteiger partial charge on any atom is 0.220 e. The summed E-state index contributed by atoms with van der Waals surface area (Å²) in [5.41, 5.74) is 8.11. The van der Waals surface area contributed by atoms with E-state index < -0.39 is 0 Å². The van der Waals surface area contributed by atoms with Crippen LogP contribution in [0.1, 0.15) is 37.9 Å². The van der Waals surface area contributed by atoms with Crippen LogP contribution in [-0.4, -0.2) is 27.3 Å². The number of rotatable bonds is 2. The average Bonchev–Trinajstić information content (AvgIpc) is 2.56. The third kappa shape index (κ3) is 3.16. The second kappa shape index (κ2) is 6.32. The van der Waals surface area contributed by atoms with Crippen LogP contribution < -0.4 is 5.73 Å². The van der Waals surface area contributed by atoms with E-state index in [1.165, 1.54) is 12.1 Å². The molecule has 1 amide bonds. The normalized spacial score (nSPS) is 18.0. The van der Waals surface area contributed by atoms with E-state index in [4.69, 9.17) is 5.73 Å². The third-order valence-electron chi connectivity index (χ3n) is 4.22. The number of nitrogen functional groups attached to an aromatic ring is 1. The van der Waals surface area contributed by atoms with Gasteiger partial charge in [-0.1, -0.05) is 12.1 Å². The monoisotopic (exact) mass is 314 g/mol. The number of carbonyl (C=O) groups excluding carboxylic acids is 1. The second-order valence-electron chi connectivity index (χ2n) is 5.76. The van der Waals surface area contributed by atoms with Crippen LogP contribution >= 0.6 is 0 Å². The summed E-state index contributed by atoms with van der Waals surface area (Å²) in [6.07, 6.45) is 4.51. The number of piperidine rings is 1. The maximum absolute atomic E-state index is 13.2. The number of amides is 1. The van der Waals surface area contributed by atoms with E-state index in [0.29, 0.717) is 6.54 Å². The van der Waals surface area contributed by atoms with Crippen molar-refractivity contribution in [2.24, 2.45) is 0 Å². The molecule has 5 nitrogen and oxygen atoms in total. The van der Waals surface area contributed by atoms with Gasteiger partial charge in [-0.25, -0.2) is 14.4 Å². The highest BCUT2D eigenvalue weighted by atomic mass is 19.1. The van der Waals surface area contributed by atoms with Crippen molar-refractivity contribution in [3.05, 3.63) is 42.0 Å². The highest BCUT2D eigenvalue weighted by Gasteiger charge is 2.29. The Balaban J connectivity index is 2.08. The molecular formula is C17H19FN4O. The SMILES string of the molecule is CC(=O)N1CCCC[C@@H]1c1nc(N)ncc1-c1ccc(F)cc1. The lowest BCUT2D eigenvalue weighted by Crippen LogP contribution is -2.37. The van der Waals surface area contributed by atoms with Gasteiger partial charge in [-0.15, -0.1) is 0 Å². The minimum absolute atomic E-state index is 0.0249. The van der Waals surface area contributed by atoms with Crippen LogP contribution in [0.15, 0.2) is 30.5 Å². The zero-order valence-corrected chi connectivity index (χ0v) is 13.0. The molecule has 0 radical (unpaired) electrons. The number of benzene rings is 1. The summed E-state index contributed by atoms with van der Waals surface area (Å²) in [5.74, 6) is -0.0911. The van der Waals surface area contributed by atoms with Crippen LogP contribution in [0, 0.1) is 5.82 Å². The molecule has 6 heteroatoms.